The van der Waals surface area contributed by atoms with Gasteiger partial charge in [-0.05, 0) is 48.6 Å². The maximum atomic E-state index is 12.9. The Bertz CT molecular complexity index is 922. The second kappa shape index (κ2) is 7.35. The van der Waals surface area contributed by atoms with Gasteiger partial charge in [0.25, 0.3) is 5.91 Å². The zero-order valence-corrected chi connectivity index (χ0v) is 15.7. The molecule has 1 fully saturated rings. The highest BCUT2D eigenvalue weighted by Gasteiger charge is 2.26. The number of H-pyrrole nitrogens is 1. The third kappa shape index (κ3) is 3.37. The number of para-hydroxylation sites is 1. The maximum absolute atomic E-state index is 12.9. The van der Waals surface area contributed by atoms with Gasteiger partial charge in [0.15, 0.2) is 11.5 Å². The van der Waals surface area contributed by atoms with Crippen molar-refractivity contribution in [3.63, 3.8) is 0 Å². The third-order valence-electron chi connectivity index (χ3n) is 5.40. The fraction of sp³-hybridized carbons (Fsp3) is 0.318. The number of methoxy groups -OCH3 is 2. The van der Waals surface area contributed by atoms with Gasteiger partial charge in [-0.2, -0.15) is 0 Å². The first-order valence-corrected chi connectivity index (χ1v) is 9.28. The molecule has 0 aliphatic carbocycles. The maximum Gasteiger partial charge on any atom is 0.253 e. The molecule has 0 spiro atoms. The van der Waals surface area contributed by atoms with E-state index in [-0.39, 0.29) is 5.91 Å². The van der Waals surface area contributed by atoms with Crippen LogP contribution in [0.25, 0.3) is 10.9 Å². The number of likely N-dealkylation sites (tertiary alicyclic amines) is 1. The lowest BCUT2D eigenvalue weighted by molar-refractivity contribution is 0.0712. The lowest BCUT2D eigenvalue weighted by Gasteiger charge is -2.31. The van der Waals surface area contributed by atoms with Crippen LogP contribution >= 0.6 is 0 Å². The first-order chi connectivity index (χ1) is 13.2. The molecule has 2 aromatic carbocycles. The summed E-state index contributed by atoms with van der Waals surface area (Å²) in [6.07, 6.45) is 1.93. The number of carbonyl (C=O) groups is 1. The van der Waals surface area contributed by atoms with Gasteiger partial charge in [-0.1, -0.05) is 18.2 Å². The van der Waals surface area contributed by atoms with Gasteiger partial charge in [-0.25, -0.2) is 0 Å². The zero-order valence-electron chi connectivity index (χ0n) is 15.7. The number of nitrogens with zero attached hydrogens (tertiary/aromatic N) is 1. The van der Waals surface area contributed by atoms with Crippen molar-refractivity contribution in [3.05, 3.63) is 59.8 Å². The summed E-state index contributed by atoms with van der Waals surface area (Å²) in [6.45, 7) is 1.51. The minimum atomic E-state index is 0.0473. The molecule has 27 heavy (non-hydrogen) atoms. The van der Waals surface area contributed by atoms with Crippen molar-refractivity contribution in [2.75, 3.05) is 27.3 Å². The number of ether oxygens (including phenoxy) is 2. The number of fused-ring (bicyclic) bond motifs is 1. The summed E-state index contributed by atoms with van der Waals surface area (Å²) in [7, 11) is 3.17. The highest BCUT2D eigenvalue weighted by Crippen LogP contribution is 2.32. The Morgan fingerprint density at radius 1 is 1.00 bits per heavy atom. The van der Waals surface area contributed by atoms with Crippen molar-refractivity contribution in [3.8, 4) is 11.5 Å². The number of aromatic nitrogens is 1. The van der Waals surface area contributed by atoms with E-state index in [1.54, 1.807) is 32.4 Å². The van der Waals surface area contributed by atoms with Crippen molar-refractivity contribution in [2.45, 2.75) is 18.8 Å². The Kier molecular flexibility index (Phi) is 4.75. The molecule has 140 valence electrons. The largest absolute Gasteiger partial charge is 0.493 e. The van der Waals surface area contributed by atoms with Crippen LogP contribution in [0.5, 0.6) is 11.5 Å². The van der Waals surface area contributed by atoms with Crippen LogP contribution in [-0.4, -0.2) is 43.1 Å². The van der Waals surface area contributed by atoms with E-state index in [9.17, 15) is 4.79 Å². The lowest BCUT2D eigenvalue weighted by atomic mass is 9.93. The summed E-state index contributed by atoms with van der Waals surface area (Å²) in [5, 5.41) is 1.25. The van der Waals surface area contributed by atoms with Crippen LogP contribution in [0.3, 0.4) is 0 Å². The van der Waals surface area contributed by atoms with Crippen LogP contribution in [0.1, 0.15) is 34.8 Å². The van der Waals surface area contributed by atoms with E-state index in [0.717, 1.165) is 25.9 Å². The number of piperidine rings is 1. The molecule has 0 unspecified atom stereocenters. The third-order valence-corrected chi connectivity index (χ3v) is 5.40. The molecule has 1 N–H and O–H groups in total. The van der Waals surface area contributed by atoms with Gasteiger partial charge in [-0.15, -0.1) is 0 Å². The monoisotopic (exact) mass is 364 g/mol. The van der Waals surface area contributed by atoms with E-state index >= 15 is 0 Å². The SMILES string of the molecule is COc1ccc(C(=O)N2CCC(c3cc4ccccc4[nH]3)CC2)cc1OC. The lowest BCUT2D eigenvalue weighted by Crippen LogP contribution is -2.38. The molecule has 0 radical (unpaired) electrons. The molecule has 5 heteroatoms. The molecule has 1 saturated heterocycles. The van der Waals surface area contributed by atoms with E-state index in [0.29, 0.717) is 23.0 Å². The number of carbonyl (C=O) groups excluding carboxylic acids is 1. The van der Waals surface area contributed by atoms with Crippen molar-refractivity contribution in [1.82, 2.24) is 9.88 Å². The number of hydrogen-bond donors (Lipinski definition) is 1. The van der Waals surface area contributed by atoms with E-state index in [2.05, 4.69) is 29.2 Å². The highest BCUT2D eigenvalue weighted by atomic mass is 16.5. The summed E-state index contributed by atoms with van der Waals surface area (Å²) in [5.74, 6) is 1.72. The molecule has 1 aliphatic rings. The van der Waals surface area contributed by atoms with Crippen LogP contribution in [0.2, 0.25) is 0 Å². The first-order valence-electron chi connectivity index (χ1n) is 9.28. The van der Waals surface area contributed by atoms with E-state index in [4.69, 9.17) is 9.47 Å². The van der Waals surface area contributed by atoms with E-state index < -0.39 is 0 Å². The summed E-state index contributed by atoms with van der Waals surface area (Å²) in [5.41, 5.74) is 3.09. The molecule has 2 heterocycles. The number of aromatic amines is 1. The van der Waals surface area contributed by atoms with Crippen LogP contribution in [0.15, 0.2) is 48.5 Å². The van der Waals surface area contributed by atoms with E-state index in [1.165, 1.54) is 16.6 Å². The quantitative estimate of drug-likeness (QED) is 0.755. The molecule has 1 amide bonds. The van der Waals surface area contributed by atoms with Gasteiger partial charge >= 0.3 is 0 Å². The second-order valence-electron chi connectivity index (χ2n) is 6.95. The van der Waals surface area contributed by atoms with Crippen molar-refractivity contribution in [2.24, 2.45) is 0 Å². The predicted molar refractivity (Wildman–Crippen MR) is 106 cm³/mol. The number of rotatable bonds is 4. The standard InChI is InChI=1S/C22H24N2O3/c1-26-20-8-7-17(14-21(20)27-2)22(25)24-11-9-15(10-12-24)19-13-16-5-3-4-6-18(16)23-19/h3-8,13-15,23H,9-12H2,1-2H3. The minimum Gasteiger partial charge on any atom is -0.493 e. The number of hydrogen-bond acceptors (Lipinski definition) is 3. The number of nitrogens with one attached hydrogen (secondary N) is 1. The smallest absolute Gasteiger partial charge is 0.253 e. The van der Waals surface area contributed by atoms with Crippen LogP contribution < -0.4 is 9.47 Å². The predicted octanol–water partition coefficient (Wildman–Crippen LogP) is 4.20. The van der Waals surface area contributed by atoms with E-state index in [1.807, 2.05) is 11.0 Å². The average Bonchev–Trinajstić information content (AvgIpc) is 3.17. The normalized spacial score (nSPS) is 15.1. The molecule has 4 rings (SSSR count). The van der Waals surface area contributed by atoms with Gasteiger partial charge in [0.2, 0.25) is 0 Å². The molecular weight excluding hydrogens is 340 g/mol. The molecule has 1 aliphatic heterocycles. The Morgan fingerprint density at radius 2 is 1.74 bits per heavy atom. The van der Waals surface area contributed by atoms with Crippen LogP contribution in [-0.2, 0) is 0 Å². The van der Waals surface area contributed by atoms with Gasteiger partial charge in [0, 0.05) is 35.8 Å². The minimum absolute atomic E-state index is 0.0473. The topological polar surface area (TPSA) is 54.6 Å². The Labute approximate surface area is 158 Å². The Balaban J connectivity index is 1.45. The highest BCUT2D eigenvalue weighted by molar-refractivity contribution is 5.95. The Morgan fingerprint density at radius 3 is 2.44 bits per heavy atom. The first kappa shape index (κ1) is 17.5. The van der Waals surface area contributed by atoms with Crippen molar-refractivity contribution in [1.29, 1.82) is 0 Å². The summed E-state index contributed by atoms with van der Waals surface area (Å²) in [6, 6.07) is 15.9. The molecule has 0 saturated carbocycles. The van der Waals surface area contributed by atoms with Crippen LogP contribution in [0, 0.1) is 0 Å². The molecule has 0 bridgehead atoms. The second-order valence-corrected chi connectivity index (χ2v) is 6.95. The van der Waals surface area contributed by atoms with Crippen LogP contribution in [0.4, 0.5) is 0 Å². The van der Waals surface area contributed by atoms with Gasteiger partial charge < -0.3 is 19.4 Å². The number of benzene rings is 2. The summed E-state index contributed by atoms with van der Waals surface area (Å²) in [4.78, 5) is 18.3. The van der Waals surface area contributed by atoms with Crippen molar-refractivity contribution >= 4 is 16.8 Å². The van der Waals surface area contributed by atoms with Crippen molar-refractivity contribution < 1.29 is 14.3 Å². The molecule has 5 nitrogen and oxygen atoms in total. The fourth-order valence-corrected chi connectivity index (χ4v) is 3.86. The van der Waals surface area contributed by atoms with Gasteiger partial charge in [-0.3, -0.25) is 4.79 Å². The number of amides is 1. The van der Waals surface area contributed by atoms with Gasteiger partial charge in [0.1, 0.15) is 0 Å². The fourth-order valence-electron chi connectivity index (χ4n) is 3.86. The molecule has 0 atom stereocenters. The average molecular weight is 364 g/mol. The molecule has 1 aromatic heterocycles. The van der Waals surface area contributed by atoms with Gasteiger partial charge in [0.05, 0.1) is 14.2 Å². The zero-order chi connectivity index (χ0) is 18.8. The summed E-state index contributed by atoms with van der Waals surface area (Å²) >= 11 is 0. The Hall–Kier alpha value is -2.95. The molecule has 3 aromatic rings. The summed E-state index contributed by atoms with van der Waals surface area (Å²) < 4.78 is 10.6. The molecular formula is C22H24N2O3.